The molecule has 2 aliphatic rings. The minimum atomic E-state index is -0.955. The number of likely N-dealkylation sites (tertiary alicyclic amines) is 1. The third-order valence-corrected chi connectivity index (χ3v) is 6.55. The minimum absolute atomic E-state index is 0.120. The van der Waals surface area contributed by atoms with E-state index >= 15 is 0 Å². The van der Waals surface area contributed by atoms with Crippen LogP contribution in [-0.4, -0.2) is 66.9 Å². The second kappa shape index (κ2) is 10.8. The van der Waals surface area contributed by atoms with Crippen molar-refractivity contribution in [2.24, 2.45) is 0 Å². The van der Waals surface area contributed by atoms with E-state index in [1.165, 1.54) is 26.4 Å². The summed E-state index contributed by atoms with van der Waals surface area (Å²) in [5, 5.41) is 0. The number of hydrogen-bond donors (Lipinski definition) is 0. The lowest BCUT2D eigenvalue weighted by Gasteiger charge is -2.24. The average molecular weight is 495 g/mol. The van der Waals surface area contributed by atoms with E-state index in [0.717, 1.165) is 30.6 Å². The summed E-state index contributed by atoms with van der Waals surface area (Å²) < 4.78 is 16.4. The highest BCUT2D eigenvalue weighted by molar-refractivity contribution is 6.21. The fraction of sp³-hybridized carbons (Fsp3) is 0.407. The van der Waals surface area contributed by atoms with Crippen LogP contribution in [0.1, 0.15) is 69.2 Å². The van der Waals surface area contributed by atoms with Crippen molar-refractivity contribution in [3.8, 4) is 11.5 Å². The SMILES string of the molecule is COc1cc(C(=O)O[C@@H](C)C(=O)N2CCCCCC2)cc(CN2C(=O)c3ccccc3C2=O)c1OC. The van der Waals surface area contributed by atoms with E-state index in [1.54, 1.807) is 36.1 Å². The van der Waals surface area contributed by atoms with Crippen molar-refractivity contribution in [2.45, 2.75) is 45.3 Å². The molecule has 0 unspecified atom stereocenters. The maximum absolute atomic E-state index is 13.0. The molecule has 1 fully saturated rings. The van der Waals surface area contributed by atoms with Gasteiger partial charge < -0.3 is 19.1 Å². The van der Waals surface area contributed by atoms with Gasteiger partial charge >= 0.3 is 5.97 Å². The quantitative estimate of drug-likeness (QED) is 0.429. The van der Waals surface area contributed by atoms with Gasteiger partial charge in [-0.05, 0) is 44.0 Å². The first-order chi connectivity index (χ1) is 17.3. The lowest BCUT2D eigenvalue weighted by atomic mass is 10.1. The number of nitrogens with zero attached hydrogens (tertiary/aromatic N) is 2. The van der Waals surface area contributed by atoms with E-state index in [9.17, 15) is 19.2 Å². The number of amides is 3. The van der Waals surface area contributed by atoms with Crippen molar-refractivity contribution < 1.29 is 33.4 Å². The third-order valence-electron chi connectivity index (χ3n) is 6.55. The Hall–Kier alpha value is -3.88. The molecule has 0 radical (unpaired) electrons. The molecular weight excluding hydrogens is 464 g/mol. The molecule has 1 saturated heterocycles. The topological polar surface area (TPSA) is 102 Å². The van der Waals surface area contributed by atoms with E-state index in [2.05, 4.69) is 0 Å². The number of benzene rings is 2. The Kier molecular flexibility index (Phi) is 7.57. The number of carbonyl (C=O) groups is 4. The molecule has 4 rings (SSSR count). The van der Waals surface area contributed by atoms with Gasteiger partial charge in [-0.15, -0.1) is 0 Å². The molecule has 0 bridgehead atoms. The van der Waals surface area contributed by atoms with Crippen molar-refractivity contribution >= 4 is 23.7 Å². The number of carbonyl (C=O) groups excluding carboxylic acids is 4. The van der Waals surface area contributed by atoms with Crippen LogP contribution in [-0.2, 0) is 16.1 Å². The highest BCUT2D eigenvalue weighted by Gasteiger charge is 2.36. The van der Waals surface area contributed by atoms with Crippen LogP contribution in [0.15, 0.2) is 36.4 Å². The van der Waals surface area contributed by atoms with E-state index in [1.807, 2.05) is 0 Å². The Morgan fingerprint density at radius 3 is 2.08 bits per heavy atom. The predicted molar refractivity (Wildman–Crippen MR) is 130 cm³/mol. The molecule has 2 heterocycles. The monoisotopic (exact) mass is 494 g/mol. The summed E-state index contributed by atoms with van der Waals surface area (Å²) >= 11 is 0. The predicted octanol–water partition coefficient (Wildman–Crippen LogP) is 3.45. The molecule has 0 saturated carbocycles. The maximum atomic E-state index is 13.0. The molecule has 9 nitrogen and oxygen atoms in total. The molecule has 2 aromatic carbocycles. The van der Waals surface area contributed by atoms with Crippen molar-refractivity contribution in [3.05, 3.63) is 58.7 Å². The van der Waals surface area contributed by atoms with Gasteiger partial charge in [-0.1, -0.05) is 25.0 Å². The van der Waals surface area contributed by atoms with Gasteiger partial charge in [-0.2, -0.15) is 0 Å². The van der Waals surface area contributed by atoms with Crippen molar-refractivity contribution in [1.29, 1.82) is 0 Å². The average Bonchev–Trinajstić information content (AvgIpc) is 3.07. The number of fused-ring (bicyclic) bond motifs is 1. The van der Waals surface area contributed by atoms with Crippen molar-refractivity contribution in [3.63, 3.8) is 0 Å². The summed E-state index contributed by atoms with van der Waals surface area (Å²) in [5.41, 5.74) is 1.16. The van der Waals surface area contributed by atoms with Crippen molar-refractivity contribution in [1.82, 2.24) is 9.80 Å². The van der Waals surface area contributed by atoms with Gasteiger partial charge in [0.2, 0.25) is 0 Å². The third kappa shape index (κ3) is 4.91. The number of methoxy groups -OCH3 is 2. The van der Waals surface area contributed by atoms with E-state index < -0.39 is 23.9 Å². The van der Waals surface area contributed by atoms with Gasteiger partial charge in [0, 0.05) is 18.7 Å². The van der Waals surface area contributed by atoms with Crippen LogP contribution >= 0.6 is 0 Å². The summed E-state index contributed by atoms with van der Waals surface area (Å²) in [6.45, 7) is 2.74. The van der Waals surface area contributed by atoms with Crippen LogP contribution in [0.5, 0.6) is 11.5 Å². The molecule has 0 aromatic heterocycles. The molecule has 3 amide bonds. The Morgan fingerprint density at radius 2 is 1.53 bits per heavy atom. The summed E-state index contributed by atoms with van der Waals surface area (Å²) in [4.78, 5) is 54.5. The van der Waals surface area contributed by atoms with Gasteiger partial charge in [0.15, 0.2) is 17.6 Å². The fourth-order valence-electron chi connectivity index (χ4n) is 4.66. The molecule has 36 heavy (non-hydrogen) atoms. The van der Waals surface area contributed by atoms with E-state index in [-0.39, 0.29) is 23.8 Å². The lowest BCUT2D eigenvalue weighted by molar-refractivity contribution is -0.139. The zero-order valence-electron chi connectivity index (χ0n) is 20.7. The lowest BCUT2D eigenvalue weighted by Crippen LogP contribution is -2.40. The van der Waals surface area contributed by atoms with Crippen LogP contribution in [0.3, 0.4) is 0 Å². The number of esters is 1. The standard InChI is InChI=1S/C27H30N2O7/c1-17(24(30)28-12-8-4-5-9-13-28)36-27(33)18-14-19(23(35-3)22(15-18)34-2)16-29-25(31)20-10-6-7-11-21(20)26(29)32/h6-7,10-11,14-15,17H,4-5,8-9,12-13,16H2,1-3H3/t17-/m0/s1. The Morgan fingerprint density at radius 1 is 0.917 bits per heavy atom. The Bertz CT molecular complexity index is 1150. The highest BCUT2D eigenvalue weighted by atomic mass is 16.5. The molecule has 0 spiro atoms. The normalized spacial score (nSPS) is 16.3. The first-order valence-electron chi connectivity index (χ1n) is 12.1. The molecule has 1 atom stereocenters. The Balaban J connectivity index is 1.56. The van der Waals surface area contributed by atoms with E-state index in [4.69, 9.17) is 14.2 Å². The molecule has 190 valence electrons. The van der Waals surface area contributed by atoms with Gasteiger partial charge in [0.1, 0.15) is 0 Å². The second-order valence-corrected chi connectivity index (χ2v) is 8.90. The molecular formula is C27H30N2O7. The Labute approximate surface area is 209 Å². The molecule has 0 N–H and O–H groups in total. The van der Waals surface area contributed by atoms with Gasteiger partial charge in [0.05, 0.1) is 37.5 Å². The van der Waals surface area contributed by atoms with Gasteiger partial charge in [-0.3, -0.25) is 19.3 Å². The molecule has 0 aliphatic carbocycles. The highest BCUT2D eigenvalue weighted by Crippen LogP contribution is 2.35. The first-order valence-corrected chi connectivity index (χ1v) is 12.1. The molecule has 2 aliphatic heterocycles. The van der Waals surface area contributed by atoms with Crippen LogP contribution in [0.2, 0.25) is 0 Å². The molecule has 2 aromatic rings. The number of imide groups is 1. The largest absolute Gasteiger partial charge is 0.493 e. The summed E-state index contributed by atoms with van der Waals surface area (Å²) in [6, 6.07) is 9.55. The first kappa shape index (κ1) is 25.2. The fourth-order valence-corrected chi connectivity index (χ4v) is 4.66. The van der Waals surface area contributed by atoms with Gasteiger partial charge in [0.25, 0.3) is 17.7 Å². The molecule has 9 heteroatoms. The van der Waals surface area contributed by atoms with Crippen LogP contribution in [0.25, 0.3) is 0 Å². The van der Waals surface area contributed by atoms with Crippen molar-refractivity contribution in [2.75, 3.05) is 27.3 Å². The van der Waals surface area contributed by atoms with Crippen LogP contribution in [0, 0.1) is 0 Å². The minimum Gasteiger partial charge on any atom is -0.493 e. The zero-order valence-corrected chi connectivity index (χ0v) is 20.7. The summed E-state index contributed by atoms with van der Waals surface area (Å²) in [6.07, 6.45) is 3.08. The smallest absolute Gasteiger partial charge is 0.339 e. The number of ether oxygens (including phenoxy) is 3. The van der Waals surface area contributed by atoms with E-state index in [0.29, 0.717) is 35.5 Å². The van der Waals surface area contributed by atoms with Gasteiger partial charge in [-0.25, -0.2) is 4.79 Å². The maximum Gasteiger partial charge on any atom is 0.339 e. The van der Waals surface area contributed by atoms with Crippen LogP contribution in [0.4, 0.5) is 0 Å². The second-order valence-electron chi connectivity index (χ2n) is 8.90. The summed E-state index contributed by atoms with van der Waals surface area (Å²) in [5.74, 6) is -1.26. The number of rotatable bonds is 7. The number of hydrogen-bond acceptors (Lipinski definition) is 7. The van der Waals surface area contributed by atoms with Crippen LogP contribution < -0.4 is 9.47 Å². The summed E-state index contributed by atoms with van der Waals surface area (Å²) in [7, 11) is 2.86. The zero-order chi connectivity index (χ0) is 25.8.